The van der Waals surface area contributed by atoms with Gasteiger partial charge >= 0.3 is 0 Å². The summed E-state index contributed by atoms with van der Waals surface area (Å²) in [6.45, 7) is 13.1. The van der Waals surface area contributed by atoms with Gasteiger partial charge < -0.3 is 4.74 Å². The van der Waals surface area contributed by atoms with E-state index >= 15 is 0 Å². The van der Waals surface area contributed by atoms with Crippen molar-refractivity contribution in [2.24, 2.45) is 5.92 Å². The molecule has 96 valence electrons. The van der Waals surface area contributed by atoms with Crippen molar-refractivity contribution in [3.8, 4) is 0 Å². The lowest BCUT2D eigenvalue weighted by atomic mass is 9.77. The van der Waals surface area contributed by atoms with Gasteiger partial charge in [-0.3, -0.25) is 4.90 Å². The van der Waals surface area contributed by atoms with E-state index in [2.05, 4.69) is 18.7 Å². The molecule has 0 bridgehead atoms. The van der Waals surface area contributed by atoms with E-state index in [0.29, 0.717) is 5.54 Å². The first-order valence-corrected chi connectivity index (χ1v) is 7.16. The average Bonchev–Trinajstić information content (AvgIpc) is 2.70. The molecule has 0 aromatic rings. The summed E-state index contributed by atoms with van der Waals surface area (Å²) in [5.41, 5.74) is 0.516. The van der Waals surface area contributed by atoms with Crippen molar-refractivity contribution < 1.29 is 4.74 Å². The lowest BCUT2D eigenvalue weighted by Gasteiger charge is -2.45. The Balaban J connectivity index is 0.000000606. The van der Waals surface area contributed by atoms with Crippen molar-refractivity contribution >= 4 is 0 Å². The molecule has 0 aromatic carbocycles. The van der Waals surface area contributed by atoms with Gasteiger partial charge in [-0.05, 0) is 38.3 Å². The van der Waals surface area contributed by atoms with Crippen LogP contribution in [0.15, 0.2) is 0 Å². The molecule has 1 spiro atoms. The molecule has 2 aliphatic heterocycles. The van der Waals surface area contributed by atoms with Gasteiger partial charge in [0.25, 0.3) is 0 Å². The summed E-state index contributed by atoms with van der Waals surface area (Å²) < 4.78 is 5.52. The standard InChI is InChI=1S/C12H23NO.C2H6/c1-3-11-5-8-13(4-2)12(11)6-9-14-10-7-12;1-2/h11H,3-10H2,1-2H3;1-2H3. The first-order chi connectivity index (χ1) is 7.83. The van der Waals surface area contributed by atoms with Crippen molar-refractivity contribution in [2.45, 2.75) is 58.9 Å². The average molecular weight is 227 g/mol. The van der Waals surface area contributed by atoms with Crippen LogP contribution in [0.3, 0.4) is 0 Å². The molecule has 0 N–H and O–H groups in total. The molecule has 0 aliphatic carbocycles. The largest absolute Gasteiger partial charge is 0.381 e. The molecule has 1 unspecified atom stereocenters. The van der Waals surface area contributed by atoms with Gasteiger partial charge in [0.1, 0.15) is 0 Å². The maximum absolute atomic E-state index is 5.52. The number of nitrogens with zero attached hydrogens (tertiary/aromatic N) is 1. The van der Waals surface area contributed by atoms with Crippen molar-refractivity contribution in [1.82, 2.24) is 4.90 Å². The minimum atomic E-state index is 0.516. The van der Waals surface area contributed by atoms with E-state index < -0.39 is 0 Å². The van der Waals surface area contributed by atoms with Crippen molar-refractivity contribution in [1.29, 1.82) is 0 Å². The number of hydrogen-bond acceptors (Lipinski definition) is 2. The molecule has 2 heterocycles. The van der Waals surface area contributed by atoms with Crippen LogP contribution < -0.4 is 0 Å². The minimum absolute atomic E-state index is 0.516. The van der Waals surface area contributed by atoms with Gasteiger partial charge in [-0.1, -0.05) is 34.1 Å². The van der Waals surface area contributed by atoms with Crippen LogP contribution in [-0.4, -0.2) is 36.7 Å². The van der Waals surface area contributed by atoms with Crippen molar-refractivity contribution in [2.75, 3.05) is 26.3 Å². The number of likely N-dealkylation sites (tertiary alicyclic amines) is 1. The number of ether oxygens (including phenoxy) is 1. The molecular weight excluding hydrogens is 198 g/mol. The number of rotatable bonds is 2. The molecule has 16 heavy (non-hydrogen) atoms. The Morgan fingerprint density at radius 2 is 1.81 bits per heavy atom. The second-order valence-corrected chi connectivity index (χ2v) is 4.69. The third kappa shape index (κ3) is 2.43. The van der Waals surface area contributed by atoms with Crippen LogP contribution in [-0.2, 0) is 4.74 Å². The zero-order valence-corrected chi connectivity index (χ0v) is 11.6. The zero-order valence-electron chi connectivity index (χ0n) is 11.6. The maximum atomic E-state index is 5.52. The Morgan fingerprint density at radius 3 is 2.31 bits per heavy atom. The molecule has 0 saturated carbocycles. The summed E-state index contributed by atoms with van der Waals surface area (Å²) >= 11 is 0. The molecular formula is C14H29NO. The SMILES string of the molecule is CC.CCC1CCN(CC)C12CCOCC2. The Labute approximate surface area is 101 Å². The van der Waals surface area contributed by atoms with Crippen molar-refractivity contribution in [3.05, 3.63) is 0 Å². The highest BCUT2D eigenvalue weighted by Gasteiger charge is 2.47. The highest BCUT2D eigenvalue weighted by molar-refractivity contribution is 5.02. The zero-order chi connectivity index (χ0) is 12.0. The van der Waals surface area contributed by atoms with E-state index in [1.54, 1.807) is 0 Å². The van der Waals surface area contributed by atoms with E-state index in [0.717, 1.165) is 19.1 Å². The van der Waals surface area contributed by atoms with Crippen molar-refractivity contribution in [3.63, 3.8) is 0 Å². The maximum Gasteiger partial charge on any atom is 0.0483 e. The predicted octanol–water partition coefficient (Wildman–Crippen LogP) is 3.31. The molecule has 2 rings (SSSR count). The predicted molar refractivity (Wildman–Crippen MR) is 69.8 cm³/mol. The second kappa shape index (κ2) is 6.61. The van der Waals surface area contributed by atoms with Gasteiger partial charge in [-0.15, -0.1) is 0 Å². The summed E-state index contributed by atoms with van der Waals surface area (Å²) in [5.74, 6) is 0.923. The highest BCUT2D eigenvalue weighted by Crippen LogP contribution is 2.43. The van der Waals surface area contributed by atoms with Gasteiger partial charge in [0, 0.05) is 18.8 Å². The normalized spacial score (nSPS) is 28.9. The second-order valence-electron chi connectivity index (χ2n) is 4.69. The van der Waals surface area contributed by atoms with Crippen LogP contribution in [0.25, 0.3) is 0 Å². The molecule has 2 fully saturated rings. The number of hydrogen-bond donors (Lipinski definition) is 0. The topological polar surface area (TPSA) is 12.5 Å². The van der Waals surface area contributed by atoms with Crippen LogP contribution in [0.4, 0.5) is 0 Å². The van der Waals surface area contributed by atoms with Crippen LogP contribution in [0, 0.1) is 5.92 Å². The van der Waals surface area contributed by atoms with E-state index in [1.165, 1.54) is 38.8 Å². The Kier molecular flexibility index (Phi) is 5.77. The first kappa shape index (κ1) is 14.0. The molecule has 2 aliphatic rings. The van der Waals surface area contributed by atoms with Crippen LogP contribution >= 0.6 is 0 Å². The molecule has 2 heteroatoms. The van der Waals surface area contributed by atoms with E-state index in [1.807, 2.05) is 13.8 Å². The molecule has 2 nitrogen and oxygen atoms in total. The van der Waals surface area contributed by atoms with Gasteiger partial charge in [0.05, 0.1) is 0 Å². The quantitative estimate of drug-likeness (QED) is 0.717. The summed E-state index contributed by atoms with van der Waals surface area (Å²) in [6, 6.07) is 0. The monoisotopic (exact) mass is 227 g/mol. The van der Waals surface area contributed by atoms with Gasteiger partial charge in [0.15, 0.2) is 0 Å². The third-order valence-electron chi connectivity index (χ3n) is 4.37. The van der Waals surface area contributed by atoms with Crippen LogP contribution in [0.1, 0.15) is 53.4 Å². The Bertz CT molecular complexity index is 173. The van der Waals surface area contributed by atoms with Crippen LogP contribution in [0.5, 0.6) is 0 Å². The highest BCUT2D eigenvalue weighted by atomic mass is 16.5. The smallest absolute Gasteiger partial charge is 0.0483 e. The minimum Gasteiger partial charge on any atom is -0.381 e. The van der Waals surface area contributed by atoms with E-state index in [4.69, 9.17) is 4.74 Å². The summed E-state index contributed by atoms with van der Waals surface area (Å²) in [7, 11) is 0. The van der Waals surface area contributed by atoms with E-state index in [9.17, 15) is 0 Å². The Hall–Kier alpha value is -0.0800. The fraction of sp³-hybridized carbons (Fsp3) is 1.00. The summed E-state index contributed by atoms with van der Waals surface area (Å²) in [5, 5.41) is 0. The molecule has 0 aromatic heterocycles. The van der Waals surface area contributed by atoms with Gasteiger partial charge in [-0.25, -0.2) is 0 Å². The fourth-order valence-corrected chi connectivity index (χ4v) is 3.57. The lowest BCUT2D eigenvalue weighted by molar-refractivity contribution is -0.0269. The van der Waals surface area contributed by atoms with E-state index in [-0.39, 0.29) is 0 Å². The van der Waals surface area contributed by atoms with Crippen LogP contribution in [0.2, 0.25) is 0 Å². The molecule has 2 saturated heterocycles. The fourth-order valence-electron chi connectivity index (χ4n) is 3.57. The lowest BCUT2D eigenvalue weighted by Crippen LogP contribution is -2.51. The summed E-state index contributed by atoms with van der Waals surface area (Å²) in [4.78, 5) is 2.71. The van der Waals surface area contributed by atoms with Gasteiger partial charge in [-0.2, -0.15) is 0 Å². The third-order valence-corrected chi connectivity index (χ3v) is 4.37. The molecule has 0 amide bonds. The first-order valence-electron chi connectivity index (χ1n) is 7.16. The summed E-state index contributed by atoms with van der Waals surface area (Å²) in [6.07, 6.45) is 5.28. The van der Waals surface area contributed by atoms with Gasteiger partial charge in [0.2, 0.25) is 0 Å². The Morgan fingerprint density at radius 1 is 1.19 bits per heavy atom. The molecule has 1 atom stereocenters. The molecule has 0 radical (unpaired) electrons.